The summed E-state index contributed by atoms with van der Waals surface area (Å²) in [6.07, 6.45) is 0.773. The van der Waals surface area contributed by atoms with E-state index < -0.39 is 35.6 Å². The summed E-state index contributed by atoms with van der Waals surface area (Å²) in [4.78, 5) is 20.6. The Bertz CT molecular complexity index is 331. The summed E-state index contributed by atoms with van der Waals surface area (Å²) in [6, 6.07) is 0. The highest BCUT2D eigenvalue weighted by Gasteiger charge is 2.52. The summed E-state index contributed by atoms with van der Waals surface area (Å²) in [6.45, 7) is 19.6. The summed E-state index contributed by atoms with van der Waals surface area (Å²) in [5, 5.41) is -1.00. The zero-order chi connectivity index (χ0) is 16.6. The molecule has 2 N–H and O–H groups in total. The van der Waals surface area contributed by atoms with E-state index in [1.807, 2.05) is 40.8 Å². The van der Waals surface area contributed by atoms with Gasteiger partial charge in [0.05, 0.1) is 10.4 Å². The van der Waals surface area contributed by atoms with Crippen LogP contribution in [0.3, 0.4) is 0 Å². The Labute approximate surface area is 128 Å². The van der Waals surface area contributed by atoms with Crippen molar-refractivity contribution in [2.75, 3.05) is 0 Å². The van der Waals surface area contributed by atoms with Gasteiger partial charge in [0.2, 0.25) is 16.6 Å². The summed E-state index contributed by atoms with van der Waals surface area (Å²) in [5.41, 5.74) is 0. The summed E-state index contributed by atoms with van der Waals surface area (Å²) in [5.74, 6) is 0. The molecular formula is C13H34O4Si3. The van der Waals surface area contributed by atoms with E-state index in [4.69, 9.17) is 8.85 Å². The van der Waals surface area contributed by atoms with Crippen LogP contribution >= 0.6 is 0 Å². The molecule has 0 aromatic carbocycles. The van der Waals surface area contributed by atoms with Crippen molar-refractivity contribution < 1.29 is 18.4 Å². The molecule has 0 aromatic rings. The van der Waals surface area contributed by atoms with Crippen LogP contribution in [-0.4, -0.2) is 45.2 Å². The van der Waals surface area contributed by atoms with Gasteiger partial charge in [-0.15, -0.1) is 0 Å². The van der Waals surface area contributed by atoms with Gasteiger partial charge in [0.25, 0.3) is 0 Å². The topological polar surface area (TPSA) is 58.9 Å². The fourth-order valence-electron chi connectivity index (χ4n) is 2.06. The second kappa shape index (κ2) is 5.94. The largest absolute Gasteiger partial charge is 0.429 e. The molecule has 4 nitrogen and oxygen atoms in total. The van der Waals surface area contributed by atoms with Gasteiger partial charge >= 0.3 is 8.56 Å². The molecule has 7 heteroatoms. The van der Waals surface area contributed by atoms with Gasteiger partial charge in [0.15, 0.2) is 0 Å². The summed E-state index contributed by atoms with van der Waals surface area (Å²) in [7, 11) is -7.36. The summed E-state index contributed by atoms with van der Waals surface area (Å²) >= 11 is 0. The van der Waals surface area contributed by atoms with Gasteiger partial charge in [0.1, 0.15) is 0 Å². The van der Waals surface area contributed by atoms with E-state index in [1.165, 1.54) is 0 Å². The molecule has 0 saturated heterocycles. The first kappa shape index (κ1) is 20.5. The Morgan fingerprint density at radius 1 is 0.850 bits per heavy atom. The van der Waals surface area contributed by atoms with Crippen LogP contribution in [0.25, 0.3) is 0 Å². The van der Waals surface area contributed by atoms with Gasteiger partial charge in [-0.3, -0.25) is 0 Å². The SMILES string of the molecule is CCC(C)(O[Si](C)(C)C(C)(C)O[Si](C)(C)O)[Si](C)(C)O. The van der Waals surface area contributed by atoms with Crippen LogP contribution in [0.2, 0.25) is 39.3 Å². The van der Waals surface area contributed by atoms with Gasteiger partial charge in [-0.05, 0) is 66.5 Å². The Hall–Kier alpha value is 0.491. The Balaban J connectivity index is 5.34. The molecule has 0 amide bonds. The quantitative estimate of drug-likeness (QED) is 0.700. The molecule has 0 bridgehead atoms. The minimum absolute atomic E-state index is 0.496. The van der Waals surface area contributed by atoms with Crippen molar-refractivity contribution in [3.05, 3.63) is 0 Å². The fourth-order valence-corrected chi connectivity index (χ4v) is 9.19. The number of hydrogen-bond donors (Lipinski definition) is 2. The molecule has 0 saturated carbocycles. The Kier molecular flexibility index (Phi) is 6.09. The molecule has 0 heterocycles. The van der Waals surface area contributed by atoms with Crippen molar-refractivity contribution in [1.82, 2.24) is 0 Å². The molecule has 0 aliphatic rings. The monoisotopic (exact) mass is 338 g/mol. The average molecular weight is 339 g/mol. The minimum Gasteiger partial charge on any atom is -0.429 e. The zero-order valence-corrected chi connectivity index (χ0v) is 17.9. The van der Waals surface area contributed by atoms with Crippen LogP contribution in [0.15, 0.2) is 0 Å². The third-order valence-corrected chi connectivity index (χ3v) is 12.8. The standard InChI is InChI=1S/C13H34O4Si3/c1-11-13(4,18(5,6)14)17-19(7,8)12(2,3)16-20(9,10)15/h14-15H,11H2,1-10H3. The van der Waals surface area contributed by atoms with Crippen LogP contribution in [0.1, 0.15) is 34.1 Å². The van der Waals surface area contributed by atoms with Crippen LogP contribution in [-0.2, 0) is 8.85 Å². The maximum absolute atomic E-state index is 10.6. The lowest BCUT2D eigenvalue weighted by Crippen LogP contribution is -2.66. The molecule has 0 radical (unpaired) electrons. The van der Waals surface area contributed by atoms with Crippen molar-refractivity contribution in [3.63, 3.8) is 0 Å². The molecular weight excluding hydrogens is 304 g/mol. The van der Waals surface area contributed by atoms with E-state index in [1.54, 1.807) is 13.1 Å². The molecule has 122 valence electrons. The molecule has 0 aliphatic carbocycles. The van der Waals surface area contributed by atoms with Gasteiger partial charge in [-0.25, -0.2) is 0 Å². The lowest BCUT2D eigenvalue weighted by Gasteiger charge is -2.49. The first-order valence-corrected chi connectivity index (χ1v) is 16.0. The average Bonchev–Trinajstić information content (AvgIpc) is 2.10. The number of hydrogen-bond acceptors (Lipinski definition) is 4. The van der Waals surface area contributed by atoms with E-state index >= 15 is 0 Å². The molecule has 0 aliphatic heterocycles. The highest BCUT2D eigenvalue weighted by Crippen LogP contribution is 2.36. The Morgan fingerprint density at radius 3 is 1.50 bits per heavy atom. The smallest absolute Gasteiger partial charge is 0.329 e. The van der Waals surface area contributed by atoms with Crippen LogP contribution in [0, 0.1) is 0 Å². The molecule has 20 heavy (non-hydrogen) atoms. The predicted molar refractivity (Wildman–Crippen MR) is 91.8 cm³/mol. The van der Waals surface area contributed by atoms with Crippen molar-refractivity contribution in [2.45, 2.75) is 83.8 Å². The van der Waals surface area contributed by atoms with Gasteiger partial charge in [0, 0.05) is 0 Å². The second-order valence-corrected chi connectivity index (χ2v) is 19.5. The Morgan fingerprint density at radius 2 is 1.25 bits per heavy atom. The number of rotatable bonds is 7. The predicted octanol–water partition coefficient (Wildman–Crippen LogP) is 3.14. The van der Waals surface area contributed by atoms with Crippen LogP contribution in [0.5, 0.6) is 0 Å². The third-order valence-electron chi connectivity index (χ3n) is 4.40. The van der Waals surface area contributed by atoms with Gasteiger partial charge in [-0.1, -0.05) is 6.92 Å². The normalized spacial score (nSPS) is 18.0. The van der Waals surface area contributed by atoms with E-state index in [0.29, 0.717) is 0 Å². The van der Waals surface area contributed by atoms with E-state index in [9.17, 15) is 9.59 Å². The highest BCUT2D eigenvalue weighted by molar-refractivity contribution is 6.78. The highest BCUT2D eigenvalue weighted by atomic mass is 28.4. The molecule has 0 rings (SSSR count). The van der Waals surface area contributed by atoms with E-state index in [2.05, 4.69) is 13.1 Å². The zero-order valence-electron chi connectivity index (χ0n) is 14.9. The van der Waals surface area contributed by atoms with Crippen molar-refractivity contribution >= 4 is 25.2 Å². The third kappa shape index (κ3) is 5.04. The van der Waals surface area contributed by atoms with E-state index in [0.717, 1.165) is 6.42 Å². The summed E-state index contributed by atoms with van der Waals surface area (Å²) < 4.78 is 12.4. The fraction of sp³-hybridized carbons (Fsp3) is 1.00. The lowest BCUT2D eigenvalue weighted by molar-refractivity contribution is 0.0674. The molecule has 1 atom stereocenters. The molecule has 0 fully saturated rings. The first-order chi connectivity index (χ1) is 8.47. The molecule has 0 spiro atoms. The van der Waals surface area contributed by atoms with Crippen LogP contribution < -0.4 is 0 Å². The van der Waals surface area contributed by atoms with E-state index in [-0.39, 0.29) is 0 Å². The van der Waals surface area contributed by atoms with Crippen molar-refractivity contribution in [3.8, 4) is 0 Å². The van der Waals surface area contributed by atoms with Crippen molar-refractivity contribution in [2.24, 2.45) is 0 Å². The van der Waals surface area contributed by atoms with Crippen molar-refractivity contribution in [1.29, 1.82) is 0 Å². The second-order valence-electron chi connectivity index (χ2n) is 7.81. The van der Waals surface area contributed by atoms with Crippen LogP contribution in [0.4, 0.5) is 0 Å². The maximum Gasteiger partial charge on any atom is 0.329 e. The maximum atomic E-state index is 10.6. The first-order valence-electron chi connectivity index (χ1n) is 7.32. The minimum atomic E-state index is -2.63. The lowest BCUT2D eigenvalue weighted by atomic mass is 10.3. The molecule has 1 unspecified atom stereocenters. The van der Waals surface area contributed by atoms with Gasteiger partial charge in [-0.2, -0.15) is 0 Å². The molecule has 0 aromatic heterocycles. The van der Waals surface area contributed by atoms with Gasteiger partial charge < -0.3 is 18.4 Å².